The van der Waals surface area contributed by atoms with E-state index in [1.807, 2.05) is 34.0 Å². The van der Waals surface area contributed by atoms with Gasteiger partial charge in [-0.3, -0.25) is 9.58 Å². The zero-order valence-corrected chi connectivity index (χ0v) is 13.4. The van der Waals surface area contributed by atoms with Gasteiger partial charge in [0.05, 0.1) is 16.7 Å². The normalized spacial score (nSPS) is 15.4. The number of amides is 1. The van der Waals surface area contributed by atoms with Gasteiger partial charge in [-0.25, -0.2) is 4.79 Å². The molecule has 106 valence electrons. The Bertz CT molecular complexity index is 475. The number of halogens is 1. The summed E-state index contributed by atoms with van der Waals surface area (Å²) in [6, 6.07) is 0.295. The lowest BCUT2D eigenvalue weighted by Crippen LogP contribution is -2.38. The second-order valence-electron chi connectivity index (χ2n) is 5.94. The summed E-state index contributed by atoms with van der Waals surface area (Å²) >= 11 is 3.46. The molecule has 0 aliphatic heterocycles. The molecule has 0 atom stereocenters. The molecule has 0 N–H and O–H groups in total. The fourth-order valence-electron chi connectivity index (χ4n) is 1.82. The minimum absolute atomic E-state index is 0.257. The SMILES string of the molecule is Cn1cc(Br)c(CN(C(=O)OC(C)(C)C)C2CC2)n1. The van der Waals surface area contributed by atoms with Crippen LogP contribution in [0, 0.1) is 0 Å². The van der Waals surface area contributed by atoms with Crippen LogP contribution in [0.25, 0.3) is 0 Å². The third-order valence-electron chi connectivity index (χ3n) is 2.79. The minimum atomic E-state index is -0.467. The Morgan fingerprint density at radius 1 is 1.58 bits per heavy atom. The second kappa shape index (κ2) is 5.15. The zero-order valence-electron chi connectivity index (χ0n) is 11.8. The third kappa shape index (κ3) is 3.96. The maximum Gasteiger partial charge on any atom is 0.410 e. The van der Waals surface area contributed by atoms with Gasteiger partial charge in [0.15, 0.2) is 0 Å². The molecule has 19 heavy (non-hydrogen) atoms. The molecule has 1 fully saturated rings. The number of nitrogens with zero attached hydrogens (tertiary/aromatic N) is 3. The van der Waals surface area contributed by atoms with E-state index in [1.54, 1.807) is 9.58 Å². The minimum Gasteiger partial charge on any atom is -0.444 e. The van der Waals surface area contributed by atoms with Crippen LogP contribution in [0.2, 0.25) is 0 Å². The molecule has 0 radical (unpaired) electrons. The van der Waals surface area contributed by atoms with Crippen LogP contribution in [0.5, 0.6) is 0 Å². The Kier molecular flexibility index (Phi) is 3.90. The van der Waals surface area contributed by atoms with Gasteiger partial charge in [-0.15, -0.1) is 0 Å². The Labute approximate surface area is 122 Å². The lowest BCUT2D eigenvalue weighted by atomic mass is 10.2. The number of hydrogen-bond acceptors (Lipinski definition) is 3. The summed E-state index contributed by atoms with van der Waals surface area (Å²) in [5.41, 5.74) is 0.395. The first kappa shape index (κ1) is 14.4. The van der Waals surface area contributed by atoms with Gasteiger partial charge < -0.3 is 4.74 Å². The standard InChI is InChI=1S/C13H20BrN3O2/c1-13(2,3)19-12(18)17(9-5-6-9)8-11-10(14)7-16(4)15-11/h7,9H,5-6,8H2,1-4H3. The lowest BCUT2D eigenvalue weighted by Gasteiger charge is -2.27. The van der Waals surface area contributed by atoms with Crippen molar-refractivity contribution < 1.29 is 9.53 Å². The van der Waals surface area contributed by atoms with Crippen molar-refractivity contribution in [2.45, 2.75) is 51.8 Å². The van der Waals surface area contributed by atoms with Gasteiger partial charge in [0.1, 0.15) is 5.60 Å². The van der Waals surface area contributed by atoms with E-state index in [-0.39, 0.29) is 6.09 Å². The highest BCUT2D eigenvalue weighted by Crippen LogP contribution is 2.30. The van der Waals surface area contributed by atoms with Gasteiger partial charge in [-0.05, 0) is 49.5 Å². The number of ether oxygens (including phenoxy) is 1. The molecule has 0 aromatic carbocycles. The molecule has 1 aromatic rings. The molecule has 0 spiro atoms. The van der Waals surface area contributed by atoms with E-state index >= 15 is 0 Å². The van der Waals surface area contributed by atoms with Gasteiger partial charge in [-0.1, -0.05) is 0 Å². The van der Waals surface area contributed by atoms with Crippen LogP contribution < -0.4 is 0 Å². The van der Waals surface area contributed by atoms with Gasteiger partial charge in [0.2, 0.25) is 0 Å². The van der Waals surface area contributed by atoms with Crippen molar-refractivity contribution in [1.82, 2.24) is 14.7 Å². The van der Waals surface area contributed by atoms with E-state index in [4.69, 9.17) is 4.74 Å². The van der Waals surface area contributed by atoms with Crippen molar-refractivity contribution in [3.8, 4) is 0 Å². The number of aromatic nitrogens is 2. The van der Waals surface area contributed by atoms with Crippen LogP contribution in [-0.4, -0.2) is 32.4 Å². The predicted octanol–water partition coefficient (Wildman–Crippen LogP) is 3.08. The highest BCUT2D eigenvalue weighted by molar-refractivity contribution is 9.10. The first-order valence-corrected chi connectivity index (χ1v) is 7.23. The Balaban J connectivity index is 2.08. The topological polar surface area (TPSA) is 47.4 Å². The Morgan fingerprint density at radius 2 is 2.21 bits per heavy atom. The number of carbonyl (C=O) groups is 1. The van der Waals surface area contributed by atoms with Crippen LogP contribution in [-0.2, 0) is 18.3 Å². The lowest BCUT2D eigenvalue weighted by molar-refractivity contribution is 0.0213. The molecule has 0 unspecified atom stereocenters. The van der Waals surface area contributed by atoms with Crippen molar-refractivity contribution in [2.24, 2.45) is 7.05 Å². The number of hydrogen-bond donors (Lipinski definition) is 0. The first-order valence-electron chi connectivity index (χ1n) is 6.44. The van der Waals surface area contributed by atoms with E-state index in [2.05, 4.69) is 21.0 Å². The molecule has 6 heteroatoms. The molecule has 0 bridgehead atoms. The van der Waals surface area contributed by atoms with Crippen LogP contribution in [0.1, 0.15) is 39.3 Å². The molecule has 2 rings (SSSR count). The molecular weight excluding hydrogens is 310 g/mol. The Hall–Kier alpha value is -1.04. The molecule has 1 aliphatic carbocycles. The summed E-state index contributed by atoms with van der Waals surface area (Å²) in [6.45, 7) is 6.13. The van der Waals surface area contributed by atoms with Gasteiger partial charge in [-0.2, -0.15) is 5.10 Å². The summed E-state index contributed by atoms with van der Waals surface area (Å²) < 4.78 is 8.11. The van der Waals surface area contributed by atoms with Crippen LogP contribution in [0.15, 0.2) is 10.7 Å². The summed E-state index contributed by atoms with van der Waals surface area (Å²) in [6.07, 6.45) is 3.72. The van der Waals surface area contributed by atoms with E-state index in [0.717, 1.165) is 23.0 Å². The fraction of sp³-hybridized carbons (Fsp3) is 0.692. The molecule has 0 saturated heterocycles. The molecule has 5 nitrogen and oxygen atoms in total. The largest absolute Gasteiger partial charge is 0.444 e. The highest BCUT2D eigenvalue weighted by Gasteiger charge is 2.36. The average Bonchev–Trinajstić information content (AvgIpc) is 3.00. The summed E-state index contributed by atoms with van der Waals surface area (Å²) in [4.78, 5) is 14.0. The summed E-state index contributed by atoms with van der Waals surface area (Å²) in [5.74, 6) is 0. The monoisotopic (exact) mass is 329 g/mol. The third-order valence-corrected chi connectivity index (χ3v) is 3.45. The molecule has 1 amide bonds. The van der Waals surface area contributed by atoms with Crippen molar-refractivity contribution in [3.63, 3.8) is 0 Å². The summed E-state index contributed by atoms with van der Waals surface area (Å²) in [7, 11) is 1.86. The Morgan fingerprint density at radius 3 is 2.63 bits per heavy atom. The van der Waals surface area contributed by atoms with Crippen molar-refractivity contribution >= 4 is 22.0 Å². The number of rotatable bonds is 3. The van der Waals surface area contributed by atoms with E-state index in [9.17, 15) is 4.79 Å². The molecule has 1 heterocycles. The zero-order chi connectivity index (χ0) is 14.2. The maximum atomic E-state index is 12.2. The number of carbonyl (C=O) groups excluding carboxylic acids is 1. The maximum absolute atomic E-state index is 12.2. The predicted molar refractivity (Wildman–Crippen MR) is 75.7 cm³/mol. The van der Waals surface area contributed by atoms with E-state index < -0.39 is 5.60 Å². The fourth-order valence-corrected chi connectivity index (χ4v) is 2.32. The molecule has 1 aromatic heterocycles. The summed E-state index contributed by atoms with van der Waals surface area (Å²) in [5, 5.41) is 4.36. The van der Waals surface area contributed by atoms with Crippen molar-refractivity contribution in [1.29, 1.82) is 0 Å². The highest BCUT2D eigenvalue weighted by atomic mass is 79.9. The van der Waals surface area contributed by atoms with Crippen LogP contribution in [0.4, 0.5) is 4.79 Å². The molecule has 1 saturated carbocycles. The van der Waals surface area contributed by atoms with E-state index in [1.165, 1.54) is 0 Å². The smallest absolute Gasteiger partial charge is 0.410 e. The first-order chi connectivity index (χ1) is 8.76. The van der Waals surface area contributed by atoms with E-state index in [0.29, 0.717) is 12.6 Å². The quantitative estimate of drug-likeness (QED) is 0.856. The van der Waals surface area contributed by atoms with Gasteiger partial charge >= 0.3 is 6.09 Å². The molecule has 1 aliphatic rings. The van der Waals surface area contributed by atoms with Gasteiger partial charge in [0, 0.05) is 19.3 Å². The van der Waals surface area contributed by atoms with Crippen molar-refractivity contribution in [3.05, 3.63) is 16.4 Å². The second-order valence-corrected chi connectivity index (χ2v) is 6.79. The van der Waals surface area contributed by atoms with Crippen LogP contribution >= 0.6 is 15.9 Å². The van der Waals surface area contributed by atoms with Crippen LogP contribution in [0.3, 0.4) is 0 Å². The van der Waals surface area contributed by atoms with Crippen molar-refractivity contribution in [2.75, 3.05) is 0 Å². The molecular formula is C13H20BrN3O2. The average molecular weight is 330 g/mol. The van der Waals surface area contributed by atoms with Gasteiger partial charge in [0.25, 0.3) is 0 Å². The number of aryl methyl sites for hydroxylation is 1.